The highest BCUT2D eigenvalue weighted by atomic mass is 16.6. The largest absolute Gasteiger partial charge is 0.447 e. The van der Waals surface area contributed by atoms with Gasteiger partial charge in [0.1, 0.15) is 6.61 Å². The smallest absolute Gasteiger partial charge is 0.416 e. The van der Waals surface area contributed by atoms with Crippen molar-refractivity contribution >= 4 is 12.0 Å². The number of cyclic esters (lactones) is 1. The summed E-state index contributed by atoms with van der Waals surface area (Å²) in [6.45, 7) is 3.90. The van der Waals surface area contributed by atoms with Gasteiger partial charge in [-0.3, -0.25) is 4.79 Å². The molecule has 0 radical (unpaired) electrons. The van der Waals surface area contributed by atoms with E-state index in [-0.39, 0.29) is 18.6 Å². The first-order valence-corrected chi connectivity index (χ1v) is 6.86. The van der Waals surface area contributed by atoms with Crippen LogP contribution in [0, 0.1) is 0 Å². The Morgan fingerprint density at radius 2 is 2.15 bits per heavy atom. The predicted octanol–water partition coefficient (Wildman–Crippen LogP) is 2.93. The van der Waals surface area contributed by atoms with Crippen molar-refractivity contribution in [2.24, 2.45) is 0 Å². The number of benzene rings is 1. The lowest BCUT2D eigenvalue weighted by molar-refractivity contribution is -0.129. The summed E-state index contributed by atoms with van der Waals surface area (Å²) in [6.07, 6.45) is 3.74. The van der Waals surface area contributed by atoms with Crippen molar-refractivity contribution in [1.29, 1.82) is 0 Å². The third-order valence-corrected chi connectivity index (χ3v) is 3.34. The van der Waals surface area contributed by atoms with Gasteiger partial charge < -0.3 is 4.74 Å². The molecular weight excluding hydrogens is 254 g/mol. The van der Waals surface area contributed by atoms with Crippen LogP contribution in [0.3, 0.4) is 0 Å². The van der Waals surface area contributed by atoms with E-state index in [1.807, 2.05) is 30.3 Å². The van der Waals surface area contributed by atoms with Gasteiger partial charge in [0.05, 0.1) is 6.04 Å². The van der Waals surface area contributed by atoms with Crippen molar-refractivity contribution in [3.63, 3.8) is 0 Å². The number of ether oxygens (including phenoxy) is 1. The molecule has 0 bridgehead atoms. The average molecular weight is 273 g/mol. The van der Waals surface area contributed by atoms with Crippen molar-refractivity contribution in [2.75, 3.05) is 6.61 Å². The molecule has 4 heteroatoms. The summed E-state index contributed by atoms with van der Waals surface area (Å²) in [5, 5.41) is 0. The van der Waals surface area contributed by atoms with Gasteiger partial charge in [0.15, 0.2) is 0 Å². The molecule has 1 heterocycles. The SMILES string of the molecule is C=CCCCC(=O)N1C(=O)OCC1Cc1ccccc1. The molecule has 1 saturated heterocycles. The summed E-state index contributed by atoms with van der Waals surface area (Å²) in [7, 11) is 0. The maximum atomic E-state index is 12.1. The maximum Gasteiger partial charge on any atom is 0.416 e. The first-order valence-electron chi connectivity index (χ1n) is 6.86. The van der Waals surface area contributed by atoms with E-state index in [9.17, 15) is 9.59 Å². The molecule has 1 aromatic rings. The zero-order valence-electron chi connectivity index (χ0n) is 11.5. The van der Waals surface area contributed by atoms with E-state index in [0.29, 0.717) is 19.3 Å². The van der Waals surface area contributed by atoms with Gasteiger partial charge >= 0.3 is 6.09 Å². The molecule has 1 unspecified atom stereocenters. The van der Waals surface area contributed by atoms with Crippen LogP contribution in [0.15, 0.2) is 43.0 Å². The second-order valence-corrected chi connectivity index (χ2v) is 4.87. The summed E-state index contributed by atoms with van der Waals surface area (Å²) >= 11 is 0. The summed E-state index contributed by atoms with van der Waals surface area (Å²) in [5.41, 5.74) is 1.10. The Morgan fingerprint density at radius 3 is 2.85 bits per heavy atom. The monoisotopic (exact) mass is 273 g/mol. The second-order valence-electron chi connectivity index (χ2n) is 4.87. The lowest BCUT2D eigenvalue weighted by Gasteiger charge is -2.19. The highest BCUT2D eigenvalue weighted by Crippen LogP contribution is 2.19. The van der Waals surface area contributed by atoms with Crippen LogP contribution in [0.4, 0.5) is 4.79 Å². The molecule has 2 rings (SSSR count). The Balaban J connectivity index is 1.99. The Hall–Kier alpha value is -2.10. The summed E-state index contributed by atoms with van der Waals surface area (Å²) < 4.78 is 5.02. The lowest BCUT2D eigenvalue weighted by atomic mass is 10.1. The Kier molecular flexibility index (Phi) is 4.93. The summed E-state index contributed by atoms with van der Waals surface area (Å²) in [6, 6.07) is 9.62. The Morgan fingerprint density at radius 1 is 1.40 bits per heavy atom. The minimum absolute atomic E-state index is 0.157. The molecule has 0 spiro atoms. The van der Waals surface area contributed by atoms with Crippen LogP contribution >= 0.6 is 0 Å². The van der Waals surface area contributed by atoms with Gasteiger partial charge in [-0.15, -0.1) is 6.58 Å². The van der Waals surface area contributed by atoms with Gasteiger partial charge in [0, 0.05) is 6.42 Å². The van der Waals surface area contributed by atoms with Crippen LogP contribution in [0.1, 0.15) is 24.8 Å². The van der Waals surface area contributed by atoms with Gasteiger partial charge in [0.25, 0.3) is 0 Å². The summed E-state index contributed by atoms with van der Waals surface area (Å²) in [5.74, 6) is -0.157. The van der Waals surface area contributed by atoms with Gasteiger partial charge in [-0.1, -0.05) is 36.4 Å². The molecule has 1 aliphatic rings. The van der Waals surface area contributed by atoms with E-state index >= 15 is 0 Å². The first kappa shape index (κ1) is 14.3. The molecule has 0 aliphatic carbocycles. The minimum atomic E-state index is -0.519. The number of rotatable bonds is 6. The first-order chi connectivity index (χ1) is 9.72. The van der Waals surface area contributed by atoms with Gasteiger partial charge in [-0.2, -0.15) is 0 Å². The molecule has 1 atom stereocenters. The number of carbonyl (C=O) groups is 2. The number of carbonyl (C=O) groups excluding carboxylic acids is 2. The fourth-order valence-corrected chi connectivity index (χ4v) is 2.32. The number of amides is 2. The molecule has 1 aromatic carbocycles. The molecule has 0 aromatic heterocycles. The Labute approximate surface area is 119 Å². The third kappa shape index (κ3) is 3.47. The number of imide groups is 1. The number of nitrogens with zero attached hydrogens (tertiary/aromatic N) is 1. The third-order valence-electron chi connectivity index (χ3n) is 3.34. The molecular formula is C16H19NO3. The number of allylic oxidation sites excluding steroid dienone is 1. The fraction of sp³-hybridized carbons (Fsp3) is 0.375. The topological polar surface area (TPSA) is 46.6 Å². The van der Waals surface area contributed by atoms with Gasteiger partial charge in [-0.05, 0) is 24.8 Å². The maximum absolute atomic E-state index is 12.1. The van der Waals surface area contributed by atoms with E-state index in [4.69, 9.17) is 4.74 Å². The lowest BCUT2D eigenvalue weighted by Crippen LogP contribution is -2.40. The predicted molar refractivity (Wildman–Crippen MR) is 76.2 cm³/mol. The van der Waals surface area contributed by atoms with Crippen molar-refractivity contribution in [3.05, 3.63) is 48.6 Å². The van der Waals surface area contributed by atoms with Crippen LogP contribution in [-0.4, -0.2) is 29.5 Å². The van der Waals surface area contributed by atoms with Crippen molar-refractivity contribution in [2.45, 2.75) is 31.7 Å². The van der Waals surface area contributed by atoms with Crippen molar-refractivity contribution in [3.8, 4) is 0 Å². The summed E-state index contributed by atoms with van der Waals surface area (Å²) in [4.78, 5) is 25.1. The molecule has 4 nitrogen and oxygen atoms in total. The normalized spacial score (nSPS) is 17.9. The van der Waals surface area contributed by atoms with Crippen molar-refractivity contribution in [1.82, 2.24) is 4.90 Å². The zero-order valence-corrected chi connectivity index (χ0v) is 11.5. The molecule has 2 amide bonds. The quantitative estimate of drug-likeness (QED) is 0.591. The molecule has 1 aliphatic heterocycles. The molecule has 106 valence electrons. The van der Waals surface area contributed by atoms with Gasteiger partial charge in [-0.25, -0.2) is 9.69 Å². The van der Waals surface area contributed by atoms with E-state index in [1.165, 1.54) is 4.90 Å². The molecule has 0 saturated carbocycles. The van der Waals surface area contributed by atoms with Gasteiger partial charge in [0.2, 0.25) is 5.91 Å². The standard InChI is InChI=1S/C16H19NO3/c1-2-3-5-10-15(18)17-14(12-20-16(17)19)11-13-8-6-4-7-9-13/h2,4,6-9,14H,1,3,5,10-12H2. The molecule has 20 heavy (non-hydrogen) atoms. The minimum Gasteiger partial charge on any atom is -0.447 e. The van der Waals surface area contributed by atoms with Crippen molar-refractivity contribution < 1.29 is 14.3 Å². The molecule has 0 N–H and O–H groups in total. The van der Waals surface area contributed by atoms with E-state index < -0.39 is 6.09 Å². The highest BCUT2D eigenvalue weighted by molar-refractivity contribution is 5.93. The number of hydrogen-bond acceptors (Lipinski definition) is 3. The van der Waals surface area contributed by atoms with Crippen LogP contribution in [0.25, 0.3) is 0 Å². The average Bonchev–Trinajstić information content (AvgIpc) is 2.81. The number of hydrogen-bond donors (Lipinski definition) is 0. The number of unbranched alkanes of at least 4 members (excludes halogenated alkanes) is 1. The van der Waals surface area contributed by atoms with Crippen LogP contribution in [0.2, 0.25) is 0 Å². The van der Waals surface area contributed by atoms with Crippen LogP contribution < -0.4 is 0 Å². The highest BCUT2D eigenvalue weighted by Gasteiger charge is 2.37. The van der Waals surface area contributed by atoms with E-state index in [0.717, 1.165) is 12.0 Å². The van der Waals surface area contributed by atoms with Crippen LogP contribution in [-0.2, 0) is 16.0 Å². The Bertz CT molecular complexity index is 484. The second kappa shape index (κ2) is 6.89. The molecule has 1 fully saturated rings. The van der Waals surface area contributed by atoms with Crippen LogP contribution in [0.5, 0.6) is 0 Å². The fourth-order valence-electron chi connectivity index (χ4n) is 2.32. The van der Waals surface area contributed by atoms with E-state index in [1.54, 1.807) is 6.08 Å². The van der Waals surface area contributed by atoms with E-state index in [2.05, 4.69) is 6.58 Å². The zero-order chi connectivity index (χ0) is 14.4.